The smallest absolute Gasteiger partial charge is 0.136 e. The third-order valence-corrected chi connectivity index (χ3v) is 3.81. The summed E-state index contributed by atoms with van der Waals surface area (Å²) in [5.41, 5.74) is 0. The summed E-state index contributed by atoms with van der Waals surface area (Å²) < 4.78 is 0. The second kappa shape index (κ2) is 5.53. The van der Waals surface area contributed by atoms with E-state index in [2.05, 4.69) is 20.8 Å². The minimum absolute atomic E-state index is 0.383. The maximum Gasteiger partial charge on any atom is 0.136 e. The minimum Gasteiger partial charge on any atom is -0.299 e. The maximum absolute atomic E-state index is 11.8. The van der Waals surface area contributed by atoms with E-state index in [1.165, 1.54) is 19.3 Å². The van der Waals surface area contributed by atoms with Crippen LogP contribution in [0.4, 0.5) is 0 Å². The average molecular weight is 196 g/mol. The third-order valence-electron chi connectivity index (χ3n) is 3.81. The molecule has 1 rings (SSSR count). The fourth-order valence-electron chi connectivity index (χ4n) is 2.72. The molecule has 0 N–H and O–H groups in total. The zero-order chi connectivity index (χ0) is 10.6. The molecule has 3 atom stereocenters. The van der Waals surface area contributed by atoms with Gasteiger partial charge in [-0.3, -0.25) is 4.79 Å². The summed E-state index contributed by atoms with van der Waals surface area (Å²) in [7, 11) is 0. The van der Waals surface area contributed by atoms with Gasteiger partial charge in [0.1, 0.15) is 5.78 Å². The topological polar surface area (TPSA) is 17.1 Å². The fraction of sp³-hybridized carbons (Fsp3) is 0.923. The van der Waals surface area contributed by atoms with E-state index in [4.69, 9.17) is 0 Å². The second-order valence-corrected chi connectivity index (χ2v) is 4.89. The molecular formula is C13H24O. The summed E-state index contributed by atoms with van der Waals surface area (Å²) in [4.78, 5) is 11.8. The molecular weight excluding hydrogens is 172 g/mol. The van der Waals surface area contributed by atoms with Crippen molar-refractivity contribution in [2.24, 2.45) is 17.8 Å². The van der Waals surface area contributed by atoms with Crippen LogP contribution in [0.5, 0.6) is 0 Å². The van der Waals surface area contributed by atoms with Crippen LogP contribution >= 0.6 is 0 Å². The van der Waals surface area contributed by atoms with E-state index in [-0.39, 0.29) is 0 Å². The van der Waals surface area contributed by atoms with Gasteiger partial charge in [-0.05, 0) is 24.7 Å². The molecule has 14 heavy (non-hydrogen) atoms. The van der Waals surface area contributed by atoms with Crippen molar-refractivity contribution < 1.29 is 4.79 Å². The number of rotatable bonds is 4. The molecule has 1 nitrogen and oxygen atoms in total. The molecule has 0 aromatic carbocycles. The van der Waals surface area contributed by atoms with Gasteiger partial charge in [-0.1, -0.05) is 40.0 Å². The van der Waals surface area contributed by atoms with Crippen LogP contribution in [0.25, 0.3) is 0 Å². The highest BCUT2D eigenvalue weighted by Crippen LogP contribution is 2.34. The van der Waals surface area contributed by atoms with Crippen LogP contribution in [-0.2, 0) is 4.79 Å². The number of carbonyl (C=O) groups excluding carboxylic acids is 1. The van der Waals surface area contributed by atoms with Gasteiger partial charge in [0.15, 0.2) is 0 Å². The van der Waals surface area contributed by atoms with E-state index in [1.54, 1.807) is 0 Å². The van der Waals surface area contributed by atoms with Crippen molar-refractivity contribution in [3.05, 3.63) is 0 Å². The van der Waals surface area contributed by atoms with Gasteiger partial charge in [0, 0.05) is 12.3 Å². The first-order chi connectivity index (χ1) is 6.69. The summed E-state index contributed by atoms with van der Waals surface area (Å²) >= 11 is 0. The molecule has 0 heterocycles. The summed E-state index contributed by atoms with van der Waals surface area (Å²) in [6.45, 7) is 6.72. The number of carbonyl (C=O) groups is 1. The highest BCUT2D eigenvalue weighted by Gasteiger charge is 2.30. The van der Waals surface area contributed by atoms with Gasteiger partial charge in [0.05, 0.1) is 0 Å². The van der Waals surface area contributed by atoms with Crippen molar-refractivity contribution in [3.8, 4) is 0 Å². The average Bonchev–Trinajstić information content (AvgIpc) is 2.19. The molecule has 0 aromatic heterocycles. The highest BCUT2D eigenvalue weighted by atomic mass is 16.1. The lowest BCUT2D eigenvalue weighted by atomic mass is 9.73. The summed E-state index contributed by atoms with van der Waals surface area (Å²) in [6, 6.07) is 0. The molecule has 1 fully saturated rings. The normalized spacial score (nSPS) is 30.4. The SMILES string of the molecule is CCCC(C)C1CC(CC)CCC1=O. The van der Waals surface area contributed by atoms with Gasteiger partial charge in [-0.15, -0.1) is 0 Å². The minimum atomic E-state index is 0.383. The molecule has 1 aliphatic carbocycles. The van der Waals surface area contributed by atoms with Crippen LogP contribution in [-0.4, -0.2) is 5.78 Å². The first-order valence-electron chi connectivity index (χ1n) is 6.21. The maximum atomic E-state index is 11.8. The Balaban J connectivity index is 2.51. The molecule has 0 aromatic rings. The Kier molecular flexibility index (Phi) is 4.64. The zero-order valence-electron chi connectivity index (χ0n) is 9.88. The van der Waals surface area contributed by atoms with Crippen molar-refractivity contribution in [1.82, 2.24) is 0 Å². The quantitative estimate of drug-likeness (QED) is 0.668. The number of hydrogen-bond acceptors (Lipinski definition) is 1. The lowest BCUT2D eigenvalue weighted by Crippen LogP contribution is -2.29. The Morgan fingerprint density at radius 2 is 2.14 bits per heavy atom. The van der Waals surface area contributed by atoms with Crippen LogP contribution in [0.15, 0.2) is 0 Å². The predicted octanol–water partition coefficient (Wildman–Crippen LogP) is 3.82. The summed E-state index contributed by atoms with van der Waals surface area (Å²) in [5, 5.41) is 0. The van der Waals surface area contributed by atoms with Gasteiger partial charge < -0.3 is 0 Å². The molecule has 1 saturated carbocycles. The fourth-order valence-corrected chi connectivity index (χ4v) is 2.72. The Morgan fingerprint density at radius 1 is 1.43 bits per heavy atom. The van der Waals surface area contributed by atoms with Gasteiger partial charge in [-0.2, -0.15) is 0 Å². The molecule has 0 bridgehead atoms. The largest absolute Gasteiger partial charge is 0.299 e. The van der Waals surface area contributed by atoms with Crippen molar-refractivity contribution in [2.75, 3.05) is 0 Å². The Morgan fingerprint density at radius 3 is 2.71 bits per heavy atom. The van der Waals surface area contributed by atoms with Crippen LogP contribution in [0.2, 0.25) is 0 Å². The Hall–Kier alpha value is -0.330. The number of Topliss-reactive ketones (excluding diaryl/α,β-unsaturated/α-hetero) is 1. The molecule has 0 amide bonds. The highest BCUT2D eigenvalue weighted by molar-refractivity contribution is 5.82. The van der Waals surface area contributed by atoms with Crippen molar-refractivity contribution >= 4 is 5.78 Å². The monoisotopic (exact) mass is 196 g/mol. The molecule has 0 saturated heterocycles. The zero-order valence-corrected chi connectivity index (χ0v) is 9.88. The van der Waals surface area contributed by atoms with Crippen LogP contribution < -0.4 is 0 Å². The molecule has 0 spiro atoms. The van der Waals surface area contributed by atoms with Crippen molar-refractivity contribution in [1.29, 1.82) is 0 Å². The Labute approximate surface area is 88.3 Å². The second-order valence-electron chi connectivity index (χ2n) is 4.89. The van der Waals surface area contributed by atoms with E-state index < -0.39 is 0 Å². The lowest BCUT2D eigenvalue weighted by Gasteiger charge is -2.31. The van der Waals surface area contributed by atoms with E-state index in [1.807, 2.05) is 0 Å². The first-order valence-corrected chi connectivity index (χ1v) is 6.21. The summed E-state index contributed by atoms with van der Waals surface area (Å²) in [6.07, 6.45) is 6.83. The number of ketones is 1. The predicted molar refractivity (Wildman–Crippen MR) is 60.2 cm³/mol. The third kappa shape index (κ3) is 2.83. The van der Waals surface area contributed by atoms with E-state index in [0.29, 0.717) is 17.6 Å². The van der Waals surface area contributed by atoms with Crippen molar-refractivity contribution in [2.45, 2.75) is 59.3 Å². The molecule has 1 aliphatic rings. The molecule has 0 aliphatic heterocycles. The molecule has 1 heteroatoms. The van der Waals surface area contributed by atoms with Crippen LogP contribution in [0, 0.1) is 17.8 Å². The van der Waals surface area contributed by atoms with Crippen molar-refractivity contribution in [3.63, 3.8) is 0 Å². The number of hydrogen-bond donors (Lipinski definition) is 0. The van der Waals surface area contributed by atoms with E-state index in [0.717, 1.165) is 25.2 Å². The van der Waals surface area contributed by atoms with Crippen LogP contribution in [0.1, 0.15) is 59.3 Å². The van der Waals surface area contributed by atoms with Gasteiger partial charge in [0.25, 0.3) is 0 Å². The molecule has 3 unspecified atom stereocenters. The standard InChI is InChI=1S/C13H24O/c1-4-6-10(3)12-9-11(5-2)7-8-13(12)14/h10-12H,4-9H2,1-3H3. The first kappa shape index (κ1) is 11.7. The van der Waals surface area contributed by atoms with E-state index >= 15 is 0 Å². The van der Waals surface area contributed by atoms with Crippen LogP contribution in [0.3, 0.4) is 0 Å². The van der Waals surface area contributed by atoms with E-state index in [9.17, 15) is 4.79 Å². The lowest BCUT2D eigenvalue weighted by molar-refractivity contribution is -0.127. The molecule has 0 radical (unpaired) electrons. The summed E-state index contributed by atoms with van der Waals surface area (Å²) in [5.74, 6) is 2.35. The molecule has 82 valence electrons. The van der Waals surface area contributed by atoms with Gasteiger partial charge in [-0.25, -0.2) is 0 Å². The van der Waals surface area contributed by atoms with Gasteiger partial charge in [0.2, 0.25) is 0 Å². The Bertz CT molecular complexity index is 186. The van der Waals surface area contributed by atoms with Gasteiger partial charge >= 0.3 is 0 Å².